The summed E-state index contributed by atoms with van der Waals surface area (Å²) in [5, 5.41) is 2.88. The van der Waals surface area contributed by atoms with Gasteiger partial charge in [0.25, 0.3) is 0 Å². The summed E-state index contributed by atoms with van der Waals surface area (Å²) < 4.78 is 5.16. The van der Waals surface area contributed by atoms with Crippen LogP contribution in [0.4, 0.5) is 0 Å². The molecule has 3 heteroatoms. The van der Waals surface area contributed by atoms with E-state index in [0.717, 1.165) is 12.0 Å². The van der Waals surface area contributed by atoms with E-state index in [1.807, 2.05) is 37.3 Å². The zero-order valence-corrected chi connectivity index (χ0v) is 9.90. The Bertz CT molecular complexity index is 307. The first-order valence-electron chi connectivity index (χ1n) is 5.59. The lowest BCUT2D eigenvalue weighted by atomic mass is 10.2. The average molecular weight is 221 g/mol. The van der Waals surface area contributed by atoms with Gasteiger partial charge in [-0.3, -0.25) is 4.79 Å². The van der Waals surface area contributed by atoms with Crippen LogP contribution in [0.2, 0.25) is 0 Å². The molecule has 0 aliphatic carbocycles. The van der Waals surface area contributed by atoms with Crippen molar-refractivity contribution in [1.29, 1.82) is 0 Å². The smallest absolute Gasteiger partial charge is 0.222 e. The highest BCUT2D eigenvalue weighted by molar-refractivity contribution is 5.76. The van der Waals surface area contributed by atoms with Crippen molar-refractivity contribution in [1.82, 2.24) is 5.32 Å². The van der Waals surface area contributed by atoms with E-state index >= 15 is 0 Å². The predicted octanol–water partition coefficient (Wildman–Crippen LogP) is 2.12. The third kappa shape index (κ3) is 4.45. The van der Waals surface area contributed by atoms with Crippen molar-refractivity contribution >= 4 is 5.91 Å². The van der Waals surface area contributed by atoms with E-state index in [1.54, 1.807) is 7.11 Å². The molecule has 1 unspecified atom stereocenters. The zero-order valence-electron chi connectivity index (χ0n) is 9.90. The maximum absolute atomic E-state index is 11.6. The Labute approximate surface area is 96.8 Å². The number of ether oxygens (including phenoxy) is 1. The van der Waals surface area contributed by atoms with Crippen molar-refractivity contribution in [2.24, 2.45) is 0 Å². The predicted molar refractivity (Wildman–Crippen MR) is 64.0 cm³/mol. The first-order chi connectivity index (χ1) is 7.76. The molecule has 0 aliphatic rings. The molecule has 0 heterocycles. The molecule has 0 radical (unpaired) electrons. The quantitative estimate of drug-likeness (QED) is 0.799. The molecule has 1 atom stereocenters. The molecule has 0 saturated heterocycles. The molecule has 1 rings (SSSR count). The molecule has 1 amide bonds. The summed E-state index contributed by atoms with van der Waals surface area (Å²) in [6.07, 6.45) is 1.31. The van der Waals surface area contributed by atoms with Gasteiger partial charge in [0.15, 0.2) is 0 Å². The number of carbonyl (C=O) groups is 1. The van der Waals surface area contributed by atoms with Crippen molar-refractivity contribution in [3.8, 4) is 0 Å². The van der Waals surface area contributed by atoms with E-state index < -0.39 is 0 Å². The molecular formula is C13H19NO2. The molecule has 0 spiro atoms. The standard InChI is InChI=1S/C13H19NO2/c1-3-12(16-2)9-13(15)14-10-11-7-5-4-6-8-11/h4-8,12H,3,9-10H2,1-2H3,(H,14,15). The van der Waals surface area contributed by atoms with Gasteiger partial charge in [-0.2, -0.15) is 0 Å². The van der Waals surface area contributed by atoms with Crippen LogP contribution >= 0.6 is 0 Å². The molecule has 0 fully saturated rings. The second-order valence-electron chi connectivity index (χ2n) is 3.73. The van der Waals surface area contributed by atoms with Gasteiger partial charge in [0, 0.05) is 13.7 Å². The highest BCUT2D eigenvalue weighted by atomic mass is 16.5. The number of hydrogen-bond donors (Lipinski definition) is 1. The molecule has 0 aromatic heterocycles. The van der Waals surface area contributed by atoms with Crippen molar-refractivity contribution in [3.05, 3.63) is 35.9 Å². The third-order valence-electron chi connectivity index (χ3n) is 2.53. The van der Waals surface area contributed by atoms with E-state index in [9.17, 15) is 4.79 Å². The van der Waals surface area contributed by atoms with Gasteiger partial charge in [0.05, 0.1) is 12.5 Å². The van der Waals surface area contributed by atoms with Gasteiger partial charge >= 0.3 is 0 Å². The molecule has 0 aliphatic heterocycles. The number of nitrogens with one attached hydrogen (secondary N) is 1. The Morgan fingerprint density at radius 3 is 2.62 bits per heavy atom. The maximum Gasteiger partial charge on any atom is 0.222 e. The van der Waals surface area contributed by atoms with E-state index in [-0.39, 0.29) is 12.0 Å². The van der Waals surface area contributed by atoms with Gasteiger partial charge in [-0.05, 0) is 12.0 Å². The summed E-state index contributed by atoms with van der Waals surface area (Å²) in [6, 6.07) is 9.88. The molecule has 3 nitrogen and oxygen atoms in total. The minimum absolute atomic E-state index is 0.0239. The van der Waals surface area contributed by atoms with Crippen LogP contribution in [0.25, 0.3) is 0 Å². The zero-order chi connectivity index (χ0) is 11.8. The Morgan fingerprint density at radius 2 is 2.06 bits per heavy atom. The minimum atomic E-state index is 0.0239. The monoisotopic (exact) mass is 221 g/mol. The van der Waals surface area contributed by atoms with Crippen LogP contribution in [0.3, 0.4) is 0 Å². The Kier molecular flexibility index (Phi) is 5.57. The summed E-state index contributed by atoms with van der Waals surface area (Å²) in [7, 11) is 1.64. The fourth-order valence-corrected chi connectivity index (χ4v) is 1.47. The Hall–Kier alpha value is -1.35. The lowest BCUT2D eigenvalue weighted by Gasteiger charge is -2.12. The van der Waals surface area contributed by atoms with Crippen LogP contribution in [-0.2, 0) is 16.1 Å². The molecule has 1 aromatic carbocycles. The summed E-state index contributed by atoms with van der Waals surface area (Å²) in [4.78, 5) is 11.6. The molecular weight excluding hydrogens is 202 g/mol. The van der Waals surface area contributed by atoms with Crippen LogP contribution < -0.4 is 5.32 Å². The van der Waals surface area contributed by atoms with Crippen LogP contribution in [0, 0.1) is 0 Å². The summed E-state index contributed by atoms with van der Waals surface area (Å²) in [5.74, 6) is 0.0394. The number of hydrogen-bond acceptors (Lipinski definition) is 2. The van der Waals surface area contributed by atoms with Gasteiger partial charge in [-0.25, -0.2) is 0 Å². The fraction of sp³-hybridized carbons (Fsp3) is 0.462. The van der Waals surface area contributed by atoms with Gasteiger partial charge in [-0.15, -0.1) is 0 Å². The SMILES string of the molecule is CCC(CC(=O)NCc1ccccc1)OC. The van der Waals surface area contributed by atoms with Crippen LogP contribution in [0.1, 0.15) is 25.3 Å². The van der Waals surface area contributed by atoms with E-state index in [4.69, 9.17) is 4.74 Å². The van der Waals surface area contributed by atoms with E-state index in [1.165, 1.54) is 0 Å². The molecule has 0 bridgehead atoms. The fourth-order valence-electron chi connectivity index (χ4n) is 1.47. The maximum atomic E-state index is 11.6. The second-order valence-corrected chi connectivity index (χ2v) is 3.73. The van der Waals surface area contributed by atoms with Crippen LogP contribution in [0.5, 0.6) is 0 Å². The largest absolute Gasteiger partial charge is 0.381 e. The lowest BCUT2D eigenvalue weighted by Crippen LogP contribution is -2.27. The number of carbonyl (C=O) groups excluding carboxylic acids is 1. The third-order valence-corrected chi connectivity index (χ3v) is 2.53. The van der Waals surface area contributed by atoms with Gasteiger partial charge in [0.1, 0.15) is 0 Å². The molecule has 1 aromatic rings. The van der Waals surface area contributed by atoms with Crippen molar-refractivity contribution in [2.45, 2.75) is 32.4 Å². The molecule has 1 N–H and O–H groups in total. The normalized spacial score (nSPS) is 12.1. The summed E-state index contributed by atoms with van der Waals surface area (Å²) in [5.41, 5.74) is 1.11. The summed E-state index contributed by atoms with van der Waals surface area (Å²) in [6.45, 7) is 2.60. The lowest BCUT2D eigenvalue weighted by molar-refractivity contribution is -0.123. The molecule has 16 heavy (non-hydrogen) atoms. The minimum Gasteiger partial charge on any atom is -0.381 e. The van der Waals surface area contributed by atoms with Crippen LogP contribution in [-0.4, -0.2) is 19.1 Å². The molecule has 0 saturated carbocycles. The van der Waals surface area contributed by atoms with E-state index in [0.29, 0.717) is 13.0 Å². The summed E-state index contributed by atoms with van der Waals surface area (Å²) >= 11 is 0. The second kappa shape index (κ2) is 7.01. The molecule has 88 valence electrons. The van der Waals surface area contributed by atoms with Gasteiger partial charge in [-0.1, -0.05) is 37.3 Å². The van der Waals surface area contributed by atoms with Crippen molar-refractivity contribution < 1.29 is 9.53 Å². The highest BCUT2D eigenvalue weighted by Gasteiger charge is 2.10. The Morgan fingerprint density at radius 1 is 1.38 bits per heavy atom. The van der Waals surface area contributed by atoms with Gasteiger partial charge < -0.3 is 10.1 Å². The Balaban J connectivity index is 2.30. The first-order valence-corrected chi connectivity index (χ1v) is 5.59. The topological polar surface area (TPSA) is 38.3 Å². The van der Waals surface area contributed by atoms with Crippen LogP contribution in [0.15, 0.2) is 30.3 Å². The van der Waals surface area contributed by atoms with Gasteiger partial charge in [0.2, 0.25) is 5.91 Å². The van der Waals surface area contributed by atoms with E-state index in [2.05, 4.69) is 5.32 Å². The number of methoxy groups -OCH3 is 1. The number of benzene rings is 1. The van der Waals surface area contributed by atoms with Crippen molar-refractivity contribution in [2.75, 3.05) is 7.11 Å². The highest BCUT2D eigenvalue weighted by Crippen LogP contribution is 2.02. The number of rotatable bonds is 6. The van der Waals surface area contributed by atoms with Crippen molar-refractivity contribution in [3.63, 3.8) is 0 Å². The average Bonchev–Trinajstić information content (AvgIpc) is 2.34. The first kappa shape index (κ1) is 12.7. The number of amides is 1.